The van der Waals surface area contributed by atoms with E-state index in [1.54, 1.807) is 49.2 Å². The van der Waals surface area contributed by atoms with Gasteiger partial charge in [0.15, 0.2) is 5.57 Å². The van der Waals surface area contributed by atoms with Crippen molar-refractivity contribution >= 4 is 52.3 Å². The molecule has 1 saturated heterocycles. The number of hydrogen-bond acceptors (Lipinski definition) is 9. The molecule has 0 spiro atoms. The van der Waals surface area contributed by atoms with Crippen LogP contribution in [0.3, 0.4) is 0 Å². The van der Waals surface area contributed by atoms with Crippen LogP contribution in [0.4, 0.5) is 16.2 Å². The van der Waals surface area contributed by atoms with E-state index < -0.39 is 11.9 Å². The predicted molar refractivity (Wildman–Crippen MR) is 147 cm³/mol. The third kappa shape index (κ3) is 7.01. The van der Waals surface area contributed by atoms with Crippen molar-refractivity contribution in [1.29, 1.82) is 10.5 Å². The maximum atomic E-state index is 12.9. The van der Waals surface area contributed by atoms with Gasteiger partial charge in [-0.1, -0.05) is 6.07 Å². The Labute approximate surface area is 228 Å². The molecule has 204 valence electrons. The zero-order chi connectivity index (χ0) is 28.5. The summed E-state index contributed by atoms with van der Waals surface area (Å²) < 4.78 is 1.80. The minimum atomic E-state index is -0.725. The Balaban J connectivity index is 1.78. The van der Waals surface area contributed by atoms with E-state index in [0.717, 1.165) is 11.3 Å². The van der Waals surface area contributed by atoms with Gasteiger partial charge < -0.3 is 26.2 Å². The highest BCUT2D eigenvalue weighted by molar-refractivity contribution is 7.07. The predicted octanol–water partition coefficient (Wildman–Crippen LogP) is -1.25. The van der Waals surface area contributed by atoms with Crippen molar-refractivity contribution in [1.82, 2.24) is 19.7 Å². The molecular weight excluding hydrogens is 522 g/mol. The number of benzene rings is 1. The Hall–Kier alpha value is -4.66. The van der Waals surface area contributed by atoms with Gasteiger partial charge in [-0.05, 0) is 25.1 Å². The van der Waals surface area contributed by atoms with Crippen molar-refractivity contribution in [3.8, 4) is 12.1 Å². The van der Waals surface area contributed by atoms with Crippen molar-refractivity contribution in [3.05, 3.63) is 43.8 Å². The van der Waals surface area contributed by atoms with Crippen LogP contribution >= 0.6 is 11.3 Å². The molecule has 0 radical (unpaired) electrons. The summed E-state index contributed by atoms with van der Waals surface area (Å²) in [7, 11) is 1.67. The van der Waals surface area contributed by atoms with Crippen molar-refractivity contribution in [2.24, 2.45) is 5.73 Å². The third-order valence-corrected chi connectivity index (χ3v) is 7.26. The molecule has 0 atom stereocenters. The van der Waals surface area contributed by atoms with Crippen LogP contribution in [-0.4, -0.2) is 78.5 Å². The van der Waals surface area contributed by atoms with Gasteiger partial charge in [-0.25, -0.2) is 4.79 Å². The number of thiazole rings is 1. The summed E-state index contributed by atoms with van der Waals surface area (Å²) in [5.41, 5.74) is 5.96. The van der Waals surface area contributed by atoms with E-state index in [-0.39, 0.29) is 45.9 Å². The SMILES string of the molecule is CCn1c(=O)/c(=C\Nc2cccc(N(C)C(=O)CN3CCN(C(N)=O)CC3)c2)s/c1=C(/C#N)C(=O)NCC#N. The van der Waals surface area contributed by atoms with Crippen molar-refractivity contribution in [3.63, 3.8) is 0 Å². The van der Waals surface area contributed by atoms with Crippen LogP contribution in [0.2, 0.25) is 0 Å². The lowest BCUT2D eigenvalue weighted by Gasteiger charge is -2.34. The maximum absolute atomic E-state index is 12.9. The number of piperazine rings is 1. The quantitative estimate of drug-likeness (QED) is 0.340. The van der Waals surface area contributed by atoms with E-state index in [9.17, 15) is 24.4 Å². The lowest BCUT2D eigenvalue weighted by Crippen LogP contribution is -2.52. The van der Waals surface area contributed by atoms with Crippen LogP contribution in [0.1, 0.15) is 6.92 Å². The number of hydrogen-bond donors (Lipinski definition) is 3. The van der Waals surface area contributed by atoms with Gasteiger partial charge >= 0.3 is 6.03 Å². The lowest BCUT2D eigenvalue weighted by molar-refractivity contribution is -0.119. The van der Waals surface area contributed by atoms with Gasteiger partial charge in [0, 0.05) is 57.3 Å². The highest BCUT2D eigenvalue weighted by atomic mass is 32.1. The van der Waals surface area contributed by atoms with E-state index in [1.165, 1.54) is 15.7 Å². The molecule has 3 rings (SSSR count). The zero-order valence-corrected chi connectivity index (χ0v) is 22.5. The number of likely N-dealkylation sites (N-methyl/N-ethyl adjacent to an activating group) is 1. The summed E-state index contributed by atoms with van der Waals surface area (Å²) in [6.07, 6.45) is 1.49. The highest BCUT2D eigenvalue weighted by Crippen LogP contribution is 2.19. The highest BCUT2D eigenvalue weighted by Gasteiger charge is 2.22. The van der Waals surface area contributed by atoms with Gasteiger partial charge in [0.05, 0.1) is 12.6 Å². The fraction of sp³-hybridized carbons (Fsp3) is 0.360. The summed E-state index contributed by atoms with van der Waals surface area (Å²) in [6, 6.07) is 10.2. The number of anilines is 2. The van der Waals surface area contributed by atoms with E-state index in [2.05, 4.69) is 10.6 Å². The second-order valence-electron chi connectivity index (χ2n) is 8.54. The Morgan fingerprint density at radius 1 is 1.21 bits per heavy atom. The number of amides is 4. The van der Waals surface area contributed by atoms with Gasteiger partial charge in [0.1, 0.15) is 21.8 Å². The minimum Gasteiger partial charge on any atom is -0.360 e. The number of nitrogens with one attached hydrogen (secondary N) is 2. The van der Waals surface area contributed by atoms with Crippen LogP contribution in [0.25, 0.3) is 11.8 Å². The first-order valence-corrected chi connectivity index (χ1v) is 12.9. The summed E-state index contributed by atoms with van der Waals surface area (Å²) in [5.74, 6) is -0.844. The monoisotopic (exact) mass is 551 g/mol. The third-order valence-electron chi connectivity index (χ3n) is 6.12. The van der Waals surface area contributed by atoms with Gasteiger partial charge in [0.2, 0.25) is 5.91 Å². The average Bonchev–Trinajstić information content (AvgIpc) is 3.25. The molecular formula is C25H29N9O4S. The van der Waals surface area contributed by atoms with Gasteiger partial charge in [-0.2, -0.15) is 10.5 Å². The Bertz CT molecular complexity index is 1510. The lowest BCUT2D eigenvalue weighted by atomic mass is 10.2. The van der Waals surface area contributed by atoms with E-state index >= 15 is 0 Å². The summed E-state index contributed by atoms with van der Waals surface area (Å²) >= 11 is 0.988. The number of aromatic nitrogens is 1. The molecule has 1 aliphatic rings. The molecule has 14 heteroatoms. The molecule has 0 aliphatic carbocycles. The molecule has 1 fully saturated rings. The summed E-state index contributed by atoms with van der Waals surface area (Å²) in [6.45, 7) is 3.98. The molecule has 1 aliphatic heterocycles. The molecule has 4 N–H and O–H groups in total. The van der Waals surface area contributed by atoms with Crippen molar-refractivity contribution < 1.29 is 14.4 Å². The topological polar surface area (TPSA) is 181 Å². The molecule has 13 nitrogen and oxygen atoms in total. The van der Waals surface area contributed by atoms with Crippen LogP contribution in [0.5, 0.6) is 0 Å². The van der Waals surface area contributed by atoms with Gasteiger partial charge in [0.25, 0.3) is 11.5 Å². The van der Waals surface area contributed by atoms with Gasteiger partial charge in [-0.3, -0.25) is 23.9 Å². The Kier molecular flexibility index (Phi) is 9.80. The molecule has 4 amide bonds. The molecule has 2 heterocycles. The Morgan fingerprint density at radius 2 is 1.92 bits per heavy atom. The minimum absolute atomic E-state index is 0.119. The molecule has 1 aromatic carbocycles. The number of urea groups is 1. The smallest absolute Gasteiger partial charge is 0.314 e. The van der Waals surface area contributed by atoms with E-state index in [0.29, 0.717) is 37.6 Å². The number of carbonyl (C=O) groups excluding carboxylic acids is 3. The standard InChI is InChI=1S/C25H29N9O4S/c1-3-34-23(37)20(39-24(34)19(14-27)22(36)29-8-7-26)15-30-17-5-4-6-18(13-17)31(2)21(35)16-32-9-11-33(12-10-32)25(28)38/h4-6,13,15,30H,3,8-12,16H2,1-2H3,(H2,28,38)(H,29,36)/b20-15+,24-19-. The van der Waals surface area contributed by atoms with Crippen LogP contribution in [0, 0.1) is 22.7 Å². The van der Waals surface area contributed by atoms with E-state index in [1.807, 2.05) is 11.0 Å². The molecule has 2 aromatic rings. The van der Waals surface area contributed by atoms with Crippen LogP contribution in [0.15, 0.2) is 29.1 Å². The number of carbonyl (C=O) groups is 3. The zero-order valence-electron chi connectivity index (χ0n) is 21.6. The second kappa shape index (κ2) is 13.2. The molecule has 39 heavy (non-hydrogen) atoms. The molecule has 0 bridgehead atoms. The van der Waals surface area contributed by atoms with Crippen molar-refractivity contribution in [2.75, 3.05) is 56.5 Å². The number of nitrogens with two attached hydrogens (primary N) is 1. The molecule has 0 unspecified atom stereocenters. The second-order valence-corrected chi connectivity index (χ2v) is 9.57. The fourth-order valence-electron chi connectivity index (χ4n) is 3.92. The first-order valence-electron chi connectivity index (χ1n) is 12.1. The first kappa shape index (κ1) is 28.9. The Morgan fingerprint density at radius 3 is 2.54 bits per heavy atom. The largest absolute Gasteiger partial charge is 0.360 e. The summed E-state index contributed by atoms with van der Waals surface area (Å²) in [5, 5.41) is 23.6. The number of nitriles is 2. The van der Waals surface area contributed by atoms with Crippen molar-refractivity contribution in [2.45, 2.75) is 13.5 Å². The number of primary amides is 1. The maximum Gasteiger partial charge on any atom is 0.314 e. The van der Waals surface area contributed by atoms with Gasteiger partial charge in [-0.15, -0.1) is 11.3 Å². The number of nitrogens with zero attached hydrogens (tertiary/aromatic N) is 6. The summed E-state index contributed by atoms with van der Waals surface area (Å²) in [4.78, 5) is 54.5. The van der Waals surface area contributed by atoms with E-state index in [4.69, 9.17) is 11.0 Å². The molecule has 0 saturated carbocycles. The number of rotatable bonds is 8. The normalized spacial score (nSPS) is 14.7. The fourth-order valence-corrected chi connectivity index (χ4v) is 5.00. The van der Waals surface area contributed by atoms with Crippen LogP contribution in [-0.2, 0) is 16.1 Å². The first-order chi connectivity index (χ1) is 18.7. The molecule has 1 aromatic heterocycles. The van der Waals surface area contributed by atoms with Crippen LogP contribution < -0.4 is 36.0 Å². The average molecular weight is 552 g/mol.